The van der Waals surface area contributed by atoms with Gasteiger partial charge in [0.25, 0.3) is 5.91 Å². The van der Waals surface area contributed by atoms with Crippen LogP contribution in [0.25, 0.3) is 0 Å². The smallest absolute Gasteiger partial charge is 0.344 e. The number of amides is 1. The summed E-state index contributed by atoms with van der Waals surface area (Å²) < 4.78 is 24.0. The third-order valence-corrected chi connectivity index (χ3v) is 7.64. The van der Waals surface area contributed by atoms with Gasteiger partial charge in [-0.1, -0.05) is 12.1 Å². The molecular weight excluding hydrogens is 423 g/mol. The van der Waals surface area contributed by atoms with Gasteiger partial charge in [0.1, 0.15) is 11.4 Å². The van der Waals surface area contributed by atoms with E-state index in [-0.39, 0.29) is 35.3 Å². The fraction of sp³-hybridized carbons (Fsp3) is 0.500. The Morgan fingerprint density at radius 3 is 2.30 bits per heavy atom. The quantitative estimate of drug-likeness (QED) is 0.583. The number of nitrogens with zero attached hydrogens (tertiary/aromatic N) is 2. The Kier molecular flexibility index (Phi) is 5.81. The molecule has 6 nitrogen and oxygen atoms in total. The molecule has 4 aliphatic rings. The molecular formula is C26H29FN2O4. The molecule has 7 heteroatoms. The molecule has 0 saturated heterocycles. The van der Waals surface area contributed by atoms with Crippen LogP contribution in [-0.4, -0.2) is 41.0 Å². The van der Waals surface area contributed by atoms with Gasteiger partial charge in [-0.2, -0.15) is 0 Å². The first-order valence-electron chi connectivity index (χ1n) is 11.7. The van der Waals surface area contributed by atoms with E-state index in [0.29, 0.717) is 24.3 Å². The molecule has 0 unspecified atom stereocenters. The van der Waals surface area contributed by atoms with Crippen LogP contribution in [0.4, 0.5) is 4.39 Å². The average Bonchev–Trinajstić information content (AvgIpc) is 2.81. The van der Waals surface area contributed by atoms with Gasteiger partial charge in [0.05, 0.1) is 7.11 Å². The van der Waals surface area contributed by atoms with Crippen molar-refractivity contribution in [2.45, 2.75) is 50.6 Å². The van der Waals surface area contributed by atoms with Gasteiger partial charge < -0.3 is 14.4 Å². The number of methoxy groups -OCH3 is 1. The number of aromatic nitrogens is 1. The van der Waals surface area contributed by atoms with Crippen molar-refractivity contribution in [2.75, 3.05) is 13.7 Å². The zero-order chi connectivity index (χ0) is 23.0. The number of hydrogen-bond acceptors (Lipinski definition) is 5. The van der Waals surface area contributed by atoms with Gasteiger partial charge in [-0.05, 0) is 86.1 Å². The van der Waals surface area contributed by atoms with Crippen LogP contribution in [0.1, 0.15) is 54.4 Å². The zero-order valence-corrected chi connectivity index (χ0v) is 18.8. The van der Waals surface area contributed by atoms with Crippen LogP contribution >= 0.6 is 0 Å². The number of esters is 1. The largest absolute Gasteiger partial charge is 0.480 e. The molecule has 0 spiro atoms. The Bertz CT molecular complexity index is 1000. The molecule has 4 aliphatic carbocycles. The Morgan fingerprint density at radius 2 is 1.70 bits per heavy atom. The number of carbonyl (C=O) groups excluding carboxylic acids is 2. The number of hydrogen-bond donors (Lipinski definition) is 0. The Morgan fingerprint density at radius 1 is 1.06 bits per heavy atom. The van der Waals surface area contributed by atoms with E-state index in [4.69, 9.17) is 9.47 Å². The van der Waals surface area contributed by atoms with Crippen molar-refractivity contribution in [3.8, 4) is 5.88 Å². The van der Waals surface area contributed by atoms with Crippen LogP contribution in [0.15, 0.2) is 42.6 Å². The molecule has 0 radical (unpaired) electrons. The van der Waals surface area contributed by atoms with Gasteiger partial charge in [0, 0.05) is 18.3 Å². The fourth-order valence-electron chi connectivity index (χ4n) is 6.68. The highest BCUT2D eigenvalue weighted by Gasteiger charge is 2.54. The molecule has 1 amide bonds. The maximum Gasteiger partial charge on any atom is 0.344 e. The summed E-state index contributed by atoms with van der Waals surface area (Å²) in [6.07, 6.45) is 8.29. The van der Waals surface area contributed by atoms with Crippen molar-refractivity contribution in [1.82, 2.24) is 9.88 Å². The molecule has 33 heavy (non-hydrogen) atoms. The highest BCUT2D eigenvalue weighted by Crippen LogP contribution is 2.58. The molecule has 6 rings (SSSR count). The van der Waals surface area contributed by atoms with Crippen molar-refractivity contribution in [3.63, 3.8) is 0 Å². The Hall–Kier alpha value is -2.96. The van der Waals surface area contributed by atoms with E-state index in [2.05, 4.69) is 4.98 Å². The standard InChI is InChI=1S/C26H29FN2O4/c1-32-24-22(3-2-8-28-24)25(31)33-16-23(30)29(15-17-4-6-21(27)7-5-17)26-12-18-9-19(13-26)11-20(10-18)14-26/h2-8,18-20H,9-16H2,1H3. The van der Waals surface area contributed by atoms with Gasteiger partial charge in [0.2, 0.25) is 5.88 Å². The van der Waals surface area contributed by atoms with Crippen molar-refractivity contribution in [1.29, 1.82) is 0 Å². The lowest BCUT2D eigenvalue weighted by molar-refractivity contribution is -0.155. The summed E-state index contributed by atoms with van der Waals surface area (Å²) in [4.78, 5) is 32.1. The summed E-state index contributed by atoms with van der Waals surface area (Å²) in [5.74, 6) is 0.980. The molecule has 1 heterocycles. The second kappa shape index (κ2) is 8.76. The molecule has 0 aliphatic heterocycles. The molecule has 4 saturated carbocycles. The molecule has 0 N–H and O–H groups in total. The highest BCUT2D eigenvalue weighted by molar-refractivity contribution is 5.93. The third-order valence-electron chi connectivity index (χ3n) is 7.64. The summed E-state index contributed by atoms with van der Waals surface area (Å²) in [6.45, 7) is 0.0405. The van der Waals surface area contributed by atoms with Crippen LogP contribution < -0.4 is 4.74 Å². The van der Waals surface area contributed by atoms with Crippen LogP contribution in [0, 0.1) is 23.6 Å². The summed E-state index contributed by atoms with van der Waals surface area (Å²) in [5, 5.41) is 0. The number of carbonyl (C=O) groups is 2. The van der Waals surface area contributed by atoms with E-state index in [0.717, 1.165) is 24.8 Å². The van der Waals surface area contributed by atoms with E-state index in [1.807, 2.05) is 4.90 Å². The molecule has 0 atom stereocenters. The molecule has 174 valence electrons. The lowest BCUT2D eigenvalue weighted by Gasteiger charge is -2.60. The normalized spacial score (nSPS) is 27.3. The maximum absolute atomic E-state index is 13.5. The maximum atomic E-state index is 13.5. The predicted octanol–water partition coefficient (Wildman–Crippen LogP) is 4.38. The van der Waals surface area contributed by atoms with Crippen LogP contribution in [0.3, 0.4) is 0 Å². The number of halogens is 1. The van der Waals surface area contributed by atoms with E-state index in [1.165, 1.54) is 44.7 Å². The van der Waals surface area contributed by atoms with Gasteiger partial charge in [0.15, 0.2) is 6.61 Å². The van der Waals surface area contributed by atoms with Crippen molar-refractivity contribution in [3.05, 3.63) is 59.5 Å². The molecule has 1 aromatic carbocycles. The zero-order valence-electron chi connectivity index (χ0n) is 18.8. The van der Waals surface area contributed by atoms with E-state index >= 15 is 0 Å². The van der Waals surface area contributed by atoms with E-state index < -0.39 is 5.97 Å². The Labute approximate surface area is 193 Å². The van der Waals surface area contributed by atoms with Gasteiger partial charge >= 0.3 is 5.97 Å². The SMILES string of the molecule is COc1ncccc1C(=O)OCC(=O)N(Cc1ccc(F)cc1)C12CC3CC(CC(C3)C1)C2. The predicted molar refractivity (Wildman–Crippen MR) is 119 cm³/mol. The molecule has 2 aromatic rings. The van der Waals surface area contributed by atoms with Crippen LogP contribution in [-0.2, 0) is 16.1 Å². The van der Waals surface area contributed by atoms with Gasteiger partial charge in [-0.25, -0.2) is 14.2 Å². The summed E-state index contributed by atoms with van der Waals surface area (Å²) >= 11 is 0. The van der Waals surface area contributed by atoms with Crippen LogP contribution in [0.5, 0.6) is 5.88 Å². The lowest BCUT2D eigenvalue weighted by Crippen LogP contribution is -2.61. The summed E-state index contributed by atoms with van der Waals surface area (Å²) in [6, 6.07) is 9.48. The van der Waals surface area contributed by atoms with Gasteiger partial charge in [-0.3, -0.25) is 4.79 Å². The lowest BCUT2D eigenvalue weighted by atomic mass is 9.52. The van der Waals surface area contributed by atoms with Crippen molar-refractivity contribution >= 4 is 11.9 Å². The monoisotopic (exact) mass is 452 g/mol. The van der Waals surface area contributed by atoms with Crippen molar-refractivity contribution < 1.29 is 23.5 Å². The van der Waals surface area contributed by atoms with E-state index in [1.54, 1.807) is 24.3 Å². The number of benzene rings is 1. The van der Waals surface area contributed by atoms with Crippen LogP contribution in [0.2, 0.25) is 0 Å². The summed E-state index contributed by atoms with van der Waals surface area (Å²) in [5.41, 5.74) is 0.854. The first-order chi connectivity index (χ1) is 16.0. The Balaban J connectivity index is 1.36. The minimum absolute atomic E-state index is 0.166. The van der Waals surface area contributed by atoms with E-state index in [9.17, 15) is 14.0 Å². The topological polar surface area (TPSA) is 68.7 Å². The molecule has 1 aromatic heterocycles. The first kappa shape index (κ1) is 21.9. The molecule has 4 fully saturated rings. The minimum atomic E-state index is -0.638. The summed E-state index contributed by atoms with van der Waals surface area (Å²) in [7, 11) is 1.43. The number of pyridine rings is 1. The second-order valence-corrected chi connectivity index (χ2v) is 9.88. The minimum Gasteiger partial charge on any atom is -0.480 e. The first-order valence-corrected chi connectivity index (χ1v) is 11.7. The number of rotatable bonds is 7. The van der Waals surface area contributed by atoms with Crippen molar-refractivity contribution in [2.24, 2.45) is 17.8 Å². The van der Waals surface area contributed by atoms with Gasteiger partial charge in [-0.15, -0.1) is 0 Å². The molecule has 4 bridgehead atoms. The highest BCUT2D eigenvalue weighted by atomic mass is 19.1. The second-order valence-electron chi connectivity index (χ2n) is 9.88. The fourth-order valence-corrected chi connectivity index (χ4v) is 6.68. The third kappa shape index (κ3) is 4.33. The average molecular weight is 453 g/mol. The number of ether oxygens (including phenoxy) is 2.